The number of aromatic nitrogens is 3. The van der Waals surface area contributed by atoms with Gasteiger partial charge in [0, 0.05) is 17.7 Å². The van der Waals surface area contributed by atoms with Crippen molar-refractivity contribution in [2.75, 3.05) is 18.4 Å². The number of H-pyrrole nitrogens is 1. The van der Waals surface area contributed by atoms with Gasteiger partial charge in [0.1, 0.15) is 5.82 Å². The summed E-state index contributed by atoms with van der Waals surface area (Å²) in [5.41, 5.74) is 2.78. The van der Waals surface area contributed by atoms with Gasteiger partial charge in [0.15, 0.2) is 5.82 Å². The lowest BCUT2D eigenvalue weighted by Gasteiger charge is -2.22. The second kappa shape index (κ2) is 8.97. The molecule has 0 radical (unpaired) electrons. The number of piperidine rings is 1. The van der Waals surface area contributed by atoms with E-state index in [1.807, 2.05) is 32.0 Å². The smallest absolute Gasteiger partial charge is 0.224 e. The Morgan fingerprint density at radius 3 is 2.72 bits per heavy atom. The molecule has 1 aliphatic heterocycles. The Hall–Kier alpha value is -1.92. The van der Waals surface area contributed by atoms with Crippen LogP contribution in [0.2, 0.25) is 0 Å². The van der Waals surface area contributed by atoms with Crippen molar-refractivity contribution in [2.24, 2.45) is 5.92 Å². The minimum Gasteiger partial charge on any atom is -0.326 e. The van der Waals surface area contributed by atoms with E-state index in [1.54, 1.807) is 0 Å². The van der Waals surface area contributed by atoms with Crippen LogP contribution in [0.1, 0.15) is 37.1 Å². The molecule has 2 aromatic rings. The molecular weight excluding hydrogens is 338 g/mol. The second-order valence-electron chi connectivity index (χ2n) is 6.55. The Morgan fingerprint density at radius 1 is 1.28 bits per heavy atom. The summed E-state index contributed by atoms with van der Waals surface area (Å²) < 4.78 is 0. The van der Waals surface area contributed by atoms with Crippen LogP contribution < -0.4 is 10.6 Å². The predicted octanol–water partition coefficient (Wildman–Crippen LogP) is 3.23. The predicted molar refractivity (Wildman–Crippen MR) is 102 cm³/mol. The first-order chi connectivity index (χ1) is 11.6. The fourth-order valence-electron chi connectivity index (χ4n) is 3.09. The van der Waals surface area contributed by atoms with E-state index in [4.69, 9.17) is 0 Å². The van der Waals surface area contributed by atoms with Gasteiger partial charge in [0.25, 0.3) is 0 Å². The lowest BCUT2D eigenvalue weighted by Crippen LogP contribution is -2.28. The van der Waals surface area contributed by atoms with Crippen molar-refractivity contribution in [1.29, 1.82) is 0 Å². The number of carbonyl (C=O) groups excluding carboxylic acids is 1. The van der Waals surface area contributed by atoms with Crippen molar-refractivity contribution < 1.29 is 4.79 Å². The Balaban J connectivity index is 0.00000225. The first-order valence-corrected chi connectivity index (χ1v) is 8.62. The van der Waals surface area contributed by atoms with E-state index in [2.05, 4.69) is 25.8 Å². The van der Waals surface area contributed by atoms with Crippen LogP contribution in [0.25, 0.3) is 11.4 Å². The van der Waals surface area contributed by atoms with Crippen molar-refractivity contribution in [1.82, 2.24) is 20.5 Å². The van der Waals surface area contributed by atoms with Crippen molar-refractivity contribution in [3.63, 3.8) is 0 Å². The van der Waals surface area contributed by atoms with Gasteiger partial charge in [-0.15, -0.1) is 12.4 Å². The largest absolute Gasteiger partial charge is 0.326 e. The van der Waals surface area contributed by atoms with Crippen molar-refractivity contribution in [3.8, 4) is 11.4 Å². The van der Waals surface area contributed by atoms with E-state index in [0.29, 0.717) is 18.2 Å². The molecule has 0 saturated carbocycles. The van der Waals surface area contributed by atoms with Crippen LogP contribution in [-0.2, 0) is 4.79 Å². The third-order valence-corrected chi connectivity index (χ3v) is 4.61. The van der Waals surface area contributed by atoms with Gasteiger partial charge in [-0.1, -0.05) is 12.1 Å². The molecule has 7 heteroatoms. The first-order valence-electron chi connectivity index (χ1n) is 8.62. The average Bonchev–Trinajstić information content (AvgIpc) is 3.02. The maximum Gasteiger partial charge on any atom is 0.224 e. The number of hydrogen-bond acceptors (Lipinski definition) is 4. The molecule has 2 heterocycles. The zero-order valence-corrected chi connectivity index (χ0v) is 15.6. The molecule has 3 rings (SSSR count). The molecule has 25 heavy (non-hydrogen) atoms. The topological polar surface area (TPSA) is 82.7 Å². The van der Waals surface area contributed by atoms with Gasteiger partial charge in [0.2, 0.25) is 5.91 Å². The number of carbonyl (C=O) groups is 1. The van der Waals surface area contributed by atoms with E-state index >= 15 is 0 Å². The van der Waals surface area contributed by atoms with E-state index in [1.165, 1.54) is 12.8 Å². The first kappa shape index (κ1) is 19.4. The fourth-order valence-corrected chi connectivity index (χ4v) is 3.09. The molecule has 3 N–H and O–H groups in total. The van der Waals surface area contributed by atoms with Gasteiger partial charge in [-0.3, -0.25) is 9.89 Å². The van der Waals surface area contributed by atoms with E-state index in [9.17, 15) is 4.79 Å². The van der Waals surface area contributed by atoms with E-state index in [0.717, 1.165) is 42.1 Å². The second-order valence-corrected chi connectivity index (χ2v) is 6.55. The third-order valence-electron chi connectivity index (χ3n) is 4.61. The molecule has 0 atom stereocenters. The minimum absolute atomic E-state index is 0. The molecule has 1 saturated heterocycles. The summed E-state index contributed by atoms with van der Waals surface area (Å²) in [5, 5.41) is 13.4. The standard InChI is InChI=1S/C18H25N5O.ClH/c1-12-3-5-15(18-20-13(2)22-23-18)11-16(12)21-17(24)6-4-14-7-9-19-10-8-14;/h3,5,11,14,19H,4,6-10H2,1-2H3,(H,21,24)(H,20,22,23);1H. The number of nitrogens with zero attached hydrogens (tertiary/aromatic N) is 2. The van der Waals surface area contributed by atoms with Crippen LogP contribution in [0.5, 0.6) is 0 Å². The van der Waals surface area contributed by atoms with Crippen LogP contribution in [0.3, 0.4) is 0 Å². The Bertz CT molecular complexity index is 709. The number of halogens is 1. The molecule has 1 fully saturated rings. The van der Waals surface area contributed by atoms with Crippen molar-refractivity contribution in [2.45, 2.75) is 39.5 Å². The molecule has 1 aliphatic rings. The highest BCUT2D eigenvalue weighted by Gasteiger charge is 2.15. The number of anilines is 1. The molecule has 0 unspecified atom stereocenters. The van der Waals surface area contributed by atoms with Crippen molar-refractivity contribution in [3.05, 3.63) is 29.6 Å². The minimum atomic E-state index is 0. The SMILES string of the molecule is Cc1nc(-c2ccc(C)c(NC(=O)CCC3CCNCC3)c2)n[nH]1.Cl. The maximum absolute atomic E-state index is 12.3. The summed E-state index contributed by atoms with van der Waals surface area (Å²) in [6.07, 6.45) is 3.89. The number of amides is 1. The molecule has 0 spiro atoms. The zero-order chi connectivity index (χ0) is 16.9. The number of nitrogens with one attached hydrogen (secondary N) is 3. The van der Waals surface area contributed by atoms with Crippen LogP contribution in [0.15, 0.2) is 18.2 Å². The van der Waals surface area contributed by atoms with Crippen LogP contribution in [0, 0.1) is 19.8 Å². The molecule has 0 bridgehead atoms. The lowest BCUT2D eigenvalue weighted by molar-refractivity contribution is -0.116. The summed E-state index contributed by atoms with van der Waals surface area (Å²) in [6, 6.07) is 5.91. The van der Waals surface area contributed by atoms with Crippen LogP contribution in [-0.4, -0.2) is 34.2 Å². The Morgan fingerprint density at radius 2 is 2.04 bits per heavy atom. The van der Waals surface area contributed by atoms with Gasteiger partial charge in [-0.05, 0) is 63.7 Å². The molecule has 1 aromatic carbocycles. The van der Waals surface area contributed by atoms with Gasteiger partial charge < -0.3 is 10.6 Å². The Kier molecular flexibility index (Phi) is 6.96. The normalized spacial score (nSPS) is 14.8. The number of benzene rings is 1. The number of aromatic amines is 1. The molecule has 136 valence electrons. The average molecular weight is 364 g/mol. The highest BCUT2D eigenvalue weighted by Crippen LogP contribution is 2.24. The van der Waals surface area contributed by atoms with Crippen LogP contribution in [0.4, 0.5) is 5.69 Å². The summed E-state index contributed by atoms with van der Waals surface area (Å²) in [6.45, 7) is 6.01. The van der Waals surface area contributed by atoms with Gasteiger partial charge in [0.05, 0.1) is 0 Å². The number of hydrogen-bond donors (Lipinski definition) is 3. The zero-order valence-electron chi connectivity index (χ0n) is 14.8. The summed E-state index contributed by atoms with van der Waals surface area (Å²) in [7, 11) is 0. The van der Waals surface area contributed by atoms with E-state index < -0.39 is 0 Å². The molecule has 1 aromatic heterocycles. The quantitative estimate of drug-likeness (QED) is 0.761. The van der Waals surface area contributed by atoms with Gasteiger partial charge >= 0.3 is 0 Å². The monoisotopic (exact) mass is 363 g/mol. The number of aryl methyl sites for hydroxylation is 2. The number of rotatable bonds is 5. The molecule has 6 nitrogen and oxygen atoms in total. The van der Waals surface area contributed by atoms with Crippen LogP contribution >= 0.6 is 12.4 Å². The molecular formula is C18H26ClN5O. The fraction of sp³-hybridized carbons (Fsp3) is 0.500. The molecule has 1 amide bonds. The maximum atomic E-state index is 12.3. The van der Waals surface area contributed by atoms with Gasteiger partial charge in [-0.25, -0.2) is 4.98 Å². The summed E-state index contributed by atoms with van der Waals surface area (Å²) in [4.78, 5) is 16.6. The third kappa shape index (κ3) is 5.28. The summed E-state index contributed by atoms with van der Waals surface area (Å²) in [5.74, 6) is 2.18. The molecule has 0 aliphatic carbocycles. The Labute approximate surface area is 154 Å². The lowest BCUT2D eigenvalue weighted by atomic mass is 9.93. The highest BCUT2D eigenvalue weighted by atomic mass is 35.5. The van der Waals surface area contributed by atoms with Gasteiger partial charge in [-0.2, -0.15) is 5.10 Å². The van der Waals surface area contributed by atoms with E-state index in [-0.39, 0.29) is 18.3 Å². The highest BCUT2D eigenvalue weighted by molar-refractivity contribution is 5.92. The summed E-state index contributed by atoms with van der Waals surface area (Å²) >= 11 is 0. The van der Waals surface area contributed by atoms with Crippen molar-refractivity contribution >= 4 is 24.0 Å².